The number of ether oxygens (including phenoxy) is 1. The standard InChI is InChI=1S/C20H18ClN3O2/c1-26-19-10-8-18(9-11-19)24(14-15-3-2-12-22-13-15)20(25)23-17-6-4-16(21)5-7-17/h2-13H,14H2,1H3,(H,23,25). The summed E-state index contributed by atoms with van der Waals surface area (Å²) >= 11 is 5.90. The second-order valence-corrected chi connectivity index (χ2v) is 6.02. The molecular weight excluding hydrogens is 350 g/mol. The summed E-state index contributed by atoms with van der Waals surface area (Å²) in [7, 11) is 1.61. The molecule has 0 saturated heterocycles. The van der Waals surface area contributed by atoms with E-state index >= 15 is 0 Å². The number of nitrogens with one attached hydrogen (secondary N) is 1. The Hall–Kier alpha value is -3.05. The lowest BCUT2D eigenvalue weighted by Crippen LogP contribution is -2.34. The van der Waals surface area contributed by atoms with Gasteiger partial charge in [-0.1, -0.05) is 17.7 Å². The molecule has 0 aliphatic heterocycles. The first-order valence-corrected chi connectivity index (χ1v) is 8.40. The summed E-state index contributed by atoms with van der Waals surface area (Å²) in [6.45, 7) is 0.388. The molecular formula is C20H18ClN3O2. The minimum atomic E-state index is -0.249. The van der Waals surface area contributed by atoms with Gasteiger partial charge in [-0.3, -0.25) is 9.88 Å². The van der Waals surface area contributed by atoms with Crippen molar-refractivity contribution in [3.63, 3.8) is 0 Å². The number of urea groups is 1. The molecule has 5 nitrogen and oxygen atoms in total. The van der Waals surface area contributed by atoms with Crippen molar-refractivity contribution in [2.45, 2.75) is 6.54 Å². The van der Waals surface area contributed by atoms with Gasteiger partial charge in [0.2, 0.25) is 0 Å². The summed E-state index contributed by atoms with van der Waals surface area (Å²) in [5.41, 5.74) is 2.35. The molecule has 0 atom stereocenters. The molecule has 3 aromatic rings. The van der Waals surface area contributed by atoms with Crippen LogP contribution >= 0.6 is 11.6 Å². The Labute approximate surface area is 157 Å². The monoisotopic (exact) mass is 367 g/mol. The van der Waals surface area contributed by atoms with E-state index in [1.165, 1.54) is 0 Å². The molecule has 132 valence electrons. The predicted molar refractivity (Wildman–Crippen MR) is 104 cm³/mol. The van der Waals surface area contributed by atoms with Gasteiger partial charge in [0.1, 0.15) is 5.75 Å². The lowest BCUT2D eigenvalue weighted by molar-refractivity contribution is 0.256. The second kappa shape index (κ2) is 8.36. The van der Waals surface area contributed by atoms with Crippen molar-refractivity contribution in [3.05, 3.63) is 83.6 Å². The lowest BCUT2D eigenvalue weighted by Gasteiger charge is -2.23. The van der Waals surface area contributed by atoms with E-state index in [-0.39, 0.29) is 6.03 Å². The summed E-state index contributed by atoms with van der Waals surface area (Å²) in [4.78, 5) is 18.6. The lowest BCUT2D eigenvalue weighted by atomic mass is 10.2. The number of benzene rings is 2. The van der Waals surface area contributed by atoms with Crippen LogP contribution in [-0.2, 0) is 6.54 Å². The van der Waals surface area contributed by atoms with Crippen LogP contribution in [0.2, 0.25) is 5.02 Å². The molecule has 0 spiro atoms. The van der Waals surface area contributed by atoms with Crippen molar-refractivity contribution in [2.75, 3.05) is 17.3 Å². The zero-order valence-electron chi connectivity index (χ0n) is 14.2. The molecule has 26 heavy (non-hydrogen) atoms. The van der Waals surface area contributed by atoms with Gasteiger partial charge in [0.05, 0.1) is 13.7 Å². The summed E-state index contributed by atoms with van der Waals surface area (Å²) in [6.07, 6.45) is 3.45. The van der Waals surface area contributed by atoms with E-state index in [9.17, 15) is 4.79 Å². The molecule has 1 N–H and O–H groups in total. The van der Waals surface area contributed by atoms with Gasteiger partial charge in [-0.15, -0.1) is 0 Å². The largest absolute Gasteiger partial charge is 0.497 e. The molecule has 0 saturated carbocycles. The fourth-order valence-corrected chi connectivity index (χ4v) is 2.57. The molecule has 2 aromatic carbocycles. The van der Waals surface area contributed by atoms with Crippen LogP contribution in [0.1, 0.15) is 5.56 Å². The number of nitrogens with zero attached hydrogens (tertiary/aromatic N) is 2. The normalized spacial score (nSPS) is 10.2. The summed E-state index contributed by atoms with van der Waals surface area (Å²) in [5, 5.41) is 3.51. The molecule has 0 aliphatic carbocycles. The number of amides is 2. The molecule has 1 heterocycles. The van der Waals surface area contributed by atoms with Gasteiger partial charge >= 0.3 is 6.03 Å². The highest BCUT2D eigenvalue weighted by Gasteiger charge is 2.17. The van der Waals surface area contributed by atoms with E-state index in [4.69, 9.17) is 16.3 Å². The van der Waals surface area contributed by atoms with Crippen LogP contribution < -0.4 is 15.0 Å². The van der Waals surface area contributed by atoms with Crippen LogP contribution in [0.25, 0.3) is 0 Å². The predicted octanol–water partition coefficient (Wildman–Crippen LogP) is 4.98. The number of halogens is 1. The molecule has 0 fully saturated rings. The van der Waals surface area contributed by atoms with Gasteiger partial charge in [0.25, 0.3) is 0 Å². The van der Waals surface area contributed by atoms with Crippen molar-refractivity contribution in [3.8, 4) is 5.75 Å². The Balaban J connectivity index is 1.85. The van der Waals surface area contributed by atoms with E-state index < -0.39 is 0 Å². The molecule has 0 aliphatic rings. The smallest absolute Gasteiger partial charge is 0.326 e. The minimum Gasteiger partial charge on any atom is -0.497 e. The quantitative estimate of drug-likeness (QED) is 0.691. The molecule has 6 heteroatoms. The van der Waals surface area contributed by atoms with Crippen LogP contribution in [0.4, 0.5) is 16.2 Å². The third kappa shape index (κ3) is 4.52. The fourth-order valence-electron chi connectivity index (χ4n) is 2.44. The fraction of sp³-hybridized carbons (Fsp3) is 0.100. The van der Waals surface area contributed by atoms with Crippen molar-refractivity contribution in [1.29, 1.82) is 0 Å². The SMILES string of the molecule is COc1ccc(N(Cc2cccnc2)C(=O)Nc2ccc(Cl)cc2)cc1. The van der Waals surface area contributed by atoms with Crippen molar-refractivity contribution in [1.82, 2.24) is 4.98 Å². The summed E-state index contributed by atoms with van der Waals surface area (Å²) < 4.78 is 5.19. The molecule has 0 radical (unpaired) electrons. The van der Waals surface area contributed by atoms with Crippen LogP contribution in [0.15, 0.2) is 73.1 Å². The summed E-state index contributed by atoms with van der Waals surface area (Å²) in [6, 6.07) is 17.8. The number of carbonyl (C=O) groups is 1. The van der Waals surface area contributed by atoms with Crippen LogP contribution in [-0.4, -0.2) is 18.1 Å². The number of carbonyl (C=O) groups excluding carboxylic acids is 1. The number of rotatable bonds is 5. The molecule has 0 bridgehead atoms. The number of pyridine rings is 1. The van der Waals surface area contributed by atoms with E-state index in [0.29, 0.717) is 17.3 Å². The Morgan fingerprint density at radius 3 is 2.46 bits per heavy atom. The van der Waals surface area contributed by atoms with Gasteiger partial charge in [-0.25, -0.2) is 4.79 Å². The first-order valence-electron chi connectivity index (χ1n) is 8.03. The number of aromatic nitrogens is 1. The molecule has 1 aromatic heterocycles. The first kappa shape index (κ1) is 17.8. The maximum atomic E-state index is 12.9. The van der Waals surface area contributed by atoms with Gasteiger partial charge in [-0.05, 0) is 60.2 Å². The van der Waals surface area contributed by atoms with Crippen LogP contribution in [0, 0.1) is 0 Å². The zero-order chi connectivity index (χ0) is 18.4. The van der Waals surface area contributed by atoms with E-state index in [2.05, 4.69) is 10.3 Å². The third-order valence-electron chi connectivity index (χ3n) is 3.79. The van der Waals surface area contributed by atoms with Crippen molar-refractivity contribution >= 4 is 29.0 Å². The highest BCUT2D eigenvalue weighted by molar-refractivity contribution is 6.30. The maximum absolute atomic E-state index is 12.9. The minimum absolute atomic E-state index is 0.249. The van der Waals surface area contributed by atoms with Gasteiger partial charge in [-0.2, -0.15) is 0 Å². The molecule has 2 amide bonds. The average molecular weight is 368 g/mol. The highest BCUT2D eigenvalue weighted by Crippen LogP contribution is 2.23. The Morgan fingerprint density at radius 2 is 1.85 bits per heavy atom. The van der Waals surface area contributed by atoms with Crippen LogP contribution in [0.3, 0.4) is 0 Å². The number of anilines is 2. The van der Waals surface area contributed by atoms with Crippen molar-refractivity contribution in [2.24, 2.45) is 0 Å². The topological polar surface area (TPSA) is 54.5 Å². The van der Waals surface area contributed by atoms with Gasteiger partial charge in [0.15, 0.2) is 0 Å². The summed E-state index contributed by atoms with van der Waals surface area (Å²) in [5.74, 6) is 0.730. The number of hydrogen-bond acceptors (Lipinski definition) is 3. The Kier molecular flexibility index (Phi) is 5.71. The number of methoxy groups -OCH3 is 1. The van der Waals surface area contributed by atoms with E-state index in [1.54, 1.807) is 48.7 Å². The second-order valence-electron chi connectivity index (χ2n) is 5.58. The Bertz CT molecular complexity index is 852. The molecule has 0 unspecified atom stereocenters. The van der Waals surface area contributed by atoms with Crippen molar-refractivity contribution < 1.29 is 9.53 Å². The maximum Gasteiger partial charge on any atom is 0.326 e. The highest BCUT2D eigenvalue weighted by atomic mass is 35.5. The Morgan fingerprint density at radius 1 is 1.12 bits per heavy atom. The number of hydrogen-bond donors (Lipinski definition) is 1. The van der Waals surface area contributed by atoms with E-state index in [0.717, 1.165) is 17.0 Å². The first-order chi connectivity index (χ1) is 12.7. The van der Waals surface area contributed by atoms with Gasteiger partial charge in [0, 0.05) is 28.8 Å². The average Bonchev–Trinajstić information content (AvgIpc) is 2.69. The molecule has 3 rings (SSSR count). The third-order valence-corrected chi connectivity index (χ3v) is 4.04. The van der Waals surface area contributed by atoms with E-state index in [1.807, 2.05) is 36.4 Å². The van der Waals surface area contributed by atoms with Gasteiger partial charge < -0.3 is 10.1 Å². The van der Waals surface area contributed by atoms with Crippen LogP contribution in [0.5, 0.6) is 5.75 Å². The zero-order valence-corrected chi connectivity index (χ0v) is 15.0.